The first-order chi connectivity index (χ1) is 8.40. The van der Waals surface area contributed by atoms with E-state index in [9.17, 15) is 0 Å². The quantitative estimate of drug-likeness (QED) is 0.796. The lowest BCUT2D eigenvalue weighted by atomic mass is 10.1. The molecule has 1 aliphatic rings. The van der Waals surface area contributed by atoms with Crippen LogP contribution in [-0.4, -0.2) is 16.3 Å². The minimum absolute atomic E-state index is 0.561. The summed E-state index contributed by atoms with van der Waals surface area (Å²) in [5, 5.41) is 16.8. The van der Waals surface area contributed by atoms with E-state index in [1.165, 1.54) is 0 Å². The molecule has 1 N–H and O–H groups in total. The zero-order chi connectivity index (χ0) is 11.7. The molecule has 84 valence electrons. The molecule has 0 spiro atoms. The number of hydrogen-bond acceptors (Lipinski definition) is 3. The zero-order valence-corrected chi connectivity index (χ0v) is 9.35. The van der Waals surface area contributed by atoms with Gasteiger partial charge < -0.3 is 5.32 Å². The third kappa shape index (κ3) is 1.61. The van der Waals surface area contributed by atoms with Gasteiger partial charge in [0.05, 0.1) is 11.4 Å². The van der Waals surface area contributed by atoms with Crippen LogP contribution in [0, 0.1) is 11.3 Å². The molecular formula is C13H12N4. The second-order valence-electron chi connectivity index (χ2n) is 4.06. The number of aromatic nitrogens is 2. The molecule has 1 aromatic carbocycles. The highest BCUT2D eigenvalue weighted by atomic mass is 15.3. The number of rotatable bonds is 1. The van der Waals surface area contributed by atoms with Gasteiger partial charge in [0.15, 0.2) is 5.69 Å². The molecule has 0 amide bonds. The Morgan fingerprint density at radius 3 is 2.88 bits per heavy atom. The topological polar surface area (TPSA) is 53.6 Å². The number of para-hydroxylation sites is 1. The van der Waals surface area contributed by atoms with Crippen molar-refractivity contribution in [3.8, 4) is 11.8 Å². The van der Waals surface area contributed by atoms with E-state index in [1.807, 2.05) is 35.0 Å². The van der Waals surface area contributed by atoms with Gasteiger partial charge in [-0.05, 0) is 25.1 Å². The van der Waals surface area contributed by atoms with Gasteiger partial charge in [0.2, 0.25) is 0 Å². The summed E-state index contributed by atoms with van der Waals surface area (Å²) < 4.78 is 1.88. The average Bonchev–Trinajstić information content (AvgIpc) is 2.78. The molecule has 1 aliphatic heterocycles. The molecule has 2 aromatic rings. The van der Waals surface area contributed by atoms with Crippen LogP contribution in [0.2, 0.25) is 0 Å². The minimum Gasteiger partial charge on any atom is -0.311 e. The van der Waals surface area contributed by atoms with Crippen molar-refractivity contribution in [1.29, 1.82) is 5.26 Å². The number of nitrogens with one attached hydrogen (secondary N) is 1. The fraction of sp³-hybridized carbons (Fsp3) is 0.231. The van der Waals surface area contributed by atoms with E-state index in [2.05, 4.69) is 16.5 Å². The van der Waals surface area contributed by atoms with Crippen LogP contribution in [0.4, 0.5) is 0 Å². The van der Waals surface area contributed by atoms with Gasteiger partial charge in [-0.3, -0.25) is 0 Å². The van der Waals surface area contributed by atoms with Gasteiger partial charge in [-0.1, -0.05) is 18.2 Å². The molecule has 4 nitrogen and oxygen atoms in total. The third-order valence-corrected chi connectivity index (χ3v) is 3.04. The molecule has 0 unspecified atom stereocenters. The third-order valence-electron chi connectivity index (χ3n) is 3.04. The van der Waals surface area contributed by atoms with Crippen LogP contribution in [0.15, 0.2) is 30.3 Å². The highest BCUT2D eigenvalue weighted by Gasteiger charge is 2.20. The Bertz CT molecular complexity index is 577. The van der Waals surface area contributed by atoms with Crippen molar-refractivity contribution in [1.82, 2.24) is 15.1 Å². The van der Waals surface area contributed by atoms with Crippen LogP contribution in [0.5, 0.6) is 0 Å². The van der Waals surface area contributed by atoms with E-state index in [0.29, 0.717) is 5.69 Å². The standard InChI is InChI=1S/C13H12N4/c14-8-12-11-6-7-15-9-13(11)17(16-12)10-4-2-1-3-5-10/h1-5,15H,6-7,9H2. The van der Waals surface area contributed by atoms with E-state index in [-0.39, 0.29) is 0 Å². The number of hydrogen-bond donors (Lipinski definition) is 1. The van der Waals surface area contributed by atoms with Gasteiger partial charge in [0, 0.05) is 12.1 Å². The molecule has 2 heterocycles. The van der Waals surface area contributed by atoms with Gasteiger partial charge in [0.1, 0.15) is 6.07 Å². The Labute approximate surface area is 99.5 Å². The first-order valence-corrected chi connectivity index (χ1v) is 5.67. The SMILES string of the molecule is N#Cc1nn(-c2ccccc2)c2c1CCNC2. The average molecular weight is 224 g/mol. The van der Waals surface area contributed by atoms with E-state index < -0.39 is 0 Å². The summed E-state index contributed by atoms with van der Waals surface area (Å²) in [5.41, 5.74) is 3.77. The lowest BCUT2D eigenvalue weighted by Crippen LogP contribution is -2.25. The second kappa shape index (κ2) is 4.04. The summed E-state index contributed by atoms with van der Waals surface area (Å²) in [6, 6.07) is 12.1. The molecule has 0 aliphatic carbocycles. The number of fused-ring (bicyclic) bond motifs is 1. The van der Waals surface area contributed by atoms with E-state index >= 15 is 0 Å². The van der Waals surface area contributed by atoms with Crippen molar-refractivity contribution in [3.05, 3.63) is 47.3 Å². The maximum atomic E-state index is 9.11. The lowest BCUT2D eigenvalue weighted by Gasteiger charge is -2.15. The molecule has 3 rings (SSSR count). The Kier molecular flexibility index (Phi) is 2.39. The van der Waals surface area contributed by atoms with Crippen LogP contribution < -0.4 is 5.32 Å². The fourth-order valence-electron chi connectivity index (χ4n) is 2.22. The zero-order valence-electron chi connectivity index (χ0n) is 9.35. The molecule has 0 saturated heterocycles. The smallest absolute Gasteiger partial charge is 0.166 e. The summed E-state index contributed by atoms with van der Waals surface area (Å²) in [4.78, 5) is 0. The van der Waals surface area contributed by atoms with Crippen LogP contribution in [0.1, 0.15) is 17.0 Å². The van der Waals surface area contributed by atoms with Gasteiger partial charge >= 0.3 is 0 Å². The molecule has 1 aromatic heterocycles. The molecule has 0 atom stereocenters. The Balaban J connectivity index is 2.18. The number of nitriles is 1. The summed E-state index contributed by atoms with van der Waals surface area (Å²) in [6.45, 7) is 1.70. The number of benzene rings is 1. The second-order valence-corrected chi connectivity index (χ2v) is 4.06. The van der Waals surface area contributed by atoms with Crippen molar-refractivity contribution in [2.24, 2.45) is 0 Å². The molecule has 4 heteroatoms. The predicted molar refractivity (Wildman–Crippen MR) is 63.7 cm³/mol. The van der Waals surface area contributed by atoms with Gasteiger partial charge in [-0.25, -0.2) is 4.68 Å². The molecule has 0 fully saturated rings. The van der Waals surface area contributed by atoms with Crippen molar-refractivity contribution in [3.63, 3.8) is 0 Å². The van der Waals surface area contributed by atoms with E-state index in [1.54, 1.807) is 0 Å². The summed E-state index contributed by atoms with van der Waals surface area (Å²) in [5.74, 6) is 0. The number of nitrogens with zero attached hydrogens (tertiary/aromatic N) is 3. The monoisotopic (exact) mass is 224 g/mol. The molecule has 0 saturated carbocycles. The summed E-state index contributed by atoms with van der Waals surface area (Å²) in [6.07, 6.45) is 0.880. The Hall–Kier alpha value is -2.12. The van der Waals surface area contributed by atoms with Gasteiger partial charge in [-0.2, -0.15) is 10.4 Å². The highest BCUT2D eigenvalue weighted by molar-refractivity contribution is 5.42. The Morgan fingerprint density at radius 2 is 2.12 bits per heavy atom. The van der Waals surface area contributed by atoms with Crippen molar-refractivity contribution in [2.45, 2.75) is 13.0 Å². The largest absolute Gasteiger partial charge is 0.311 e. The molecule has 0 radical (unpaired) electrons. The van der Waals surface area contributed by atoms with Crippen LogP contribution in [0.25, 0.3) is 5.69 Å². The fourth-order valence-corrected chi connectivity index (χ4v) is 2.22. The predicted octanol–water partition coefficient (Wildman–Crippen LogP) is 1.39. The summed E-state index contributed by atoms with van der Waals surface area (Å²) >= 11 is 0. The summed E-state index contributed by atoms with van der Waals surface area (Å²) in [7, 11) is 0. The Morgan fingerprint density at radius 1 is 1.29 bits per heavy atom. The highest BCUT2D eigenvalue weighted by Crippen LogP contribution is 2.21. The van der Waals surface area contributed by atoms with Crippen molar-refractivity contribution in [2.75, 3.05) is 6.54 Å². The van der Waals surface area contributed by atoms with Crippen molar-refractivity contribution < 1.29 is 0 Å². The van der Waals surface area contributed by atoms with Crippen LogP contribution in [0.3, 0.4) is 0 Å². The molecular weight excluding hydrogens is 212 g/mol. The van der Waals surface area contributed by atoms with Crippen LogP contribution in [-0.2, 0) is 13.0 Å². The lowest BCUT2D eigenvalue weighted by molar-refractivity contribution is 0.614. The maximum Gasteiger partial charge on any atom is 0.166 e. The first kappa shape index (κ1) is 10.1. The molecule has 17 heavy (non-hydrogen) atoms. The van der Waals surface area contributed by atoms with E-state index in [4.69, 9.17) is 5.26 Å². The minimum atomic E-state index is 0.561. The van der Waals surface area contributed by atoms with E-state index in [0.717, 1.165) is 36.5 Å². The first-order valence-electron chi connectivity index (χ1n) is 5.67. The molecule has 0 bridgehead atoms. The maximum absolute atomic E-state index is 9.11. The normalized spacial score (nSPS) is 14.1. The van der Waals surface area contributed by atoms with Crippen LogP contribution >= 0.6 is 0 Å². The van der Waals surface area contributed by atoms with Gasteiger partial charge in [-0.15, -0.1) is 0 Å². The van der Waals surface area contributed by atoms with Crippen molar-refractivity contribution >= 4 is 0 Å². The van der Waals surface area contributed by atoms with Gasteiger partial charge in [0.25, 0.3) is 0 Å².